The molecule has 18 heavy (non-hydrogen) atoms. The van der Waals surface area contributed by atoms with Crippen LogP contribution in [0.25, 0.3) is 11.0 Å². The summed E-state index contributed by atoms with van der Waals surface area (Å²) in [6.07, 6.45) is 0.163. The van der Waals surface area contributed by atoms with Crippen LogP contribution in [0, 0.1) is 11.3 Å². The first-order valence-corrected chi connectivity index (χ1v) is 5.59. The first-order valence-electron chi connectivity index (χ1n) is 5.59. The number of imidazole rings is 1. The molecule has 5 nitrogen and oxygen atoms in total. The number of methoxy groups -OCH3 is 1. The van der Waals surface area contributed by atoms with Gasteiger partial charge >= 0.3 is 5.97 Å². The lowest BCUT2D eigenvalue weighted by Crippen LogP contribution is -2.19. The van der Waals surface area contributed by atoms with Gasteiger partial charge in [-0.25, -0.2) is 9.78 Å². The maximum atomic E-state index is 11.7. The van der Waals surface area contributed by atoms with Crippen molar-refractivity contribution in [2.75, 3.05) is 7.11 Å². The molecule has 0 aliphatic carbocycles. The second kappa shape index (κ2) is 4.88. The van der Waals surface area contributed by atoms with Crippen molar-refractivity contribution < 1.29 is 9.53 Å². The molecular formula is C13H13N3O2. The number of carbonyl (C=O) groups excluding carboxylic acids is 1. The van der Waals surface area contributed by atoms with Crippen molar-refractivity contribution in [2.45, 2.75) is 19.4 Å². The highest BCUT2D eigenvalue weighted by molar-refractivity contribution is 5.81. The van der Waals surface area contributed by atoms with E-state index in [9.17, 15) is 4.79 Å². The second-order valence-corrected chi connectivity index (χ2v) is 3.92. The number of benzene rings is 1. The zero-order chi connectivity index (χ0) is 13.1. The number of para-hydroxylation sites is 2. The van der Waals surface area contributed by atoms with Crippen molar-refractivity contribution in [3.8, 4) is 6.07 Å². The van der Waals surface area contributed by atoms with Crippen molar-refractivity contribution in [1.29, 1.82) is 5.26 Å². The maximum Gasteiger partial charge on any atom is 0.328 e. The van der Waals surface area contributed by atoms with Crippen LogP contribution in [0.5, 0.6) is 0 Å². The van der Waals surface area contributed by atoms with Gasteiger partial charge in [-0.15, -0.1) is 0 Å². The van der Waals surface area contributed by atoms with Gasteiger partial charge < -0.3 is 9.30 Å². The quantitative estimate of drug-likeness (QED) is 0.771. The van der Waals surface area contributed by atoms with E-state index in [1.807, 2.05) is 24.3 Å². The molecule has 0 amide bonds. The van der Waals surface area contributed by atoms with Gasteiger partial charge in [0.25, 0.3) is 0 Å². The number of hydrogen-bond donors (Lipinski definition) is 0. The first-order chi connectivity index (χ1) is 8.69. The van der Waals surface area contributed by atoms with E-state index in [0.717, 1.165) is 11.0 Å². The van der Waals surface area contributed by atoms with Gasteiger partial charge in [0.2, 0.25) is 0 Å². The Morgan fingerprint density at radius 1 is 1.56 bits per heavy atom. The molecule has 1 aromatic carbocycles. The van der Waals surface area contributed by atoms with Crippen LogP contribution in [0.3, 0.4) is 0 Å². The molecular weight excluding hydrogens is 230 g/mol. The highest BCUT2D eigenvalue weighted by Crippen LogP contribution is 2.22. The van der Waals surface area contributed by atoms with E-state index < -0.39 is 6.04 Å². The van der Waals surface area contributed by atoms with Crippen LogP contribution in [0.2, 0.25) is 0 Å². The van der Waals surface area contributed by atoms with Crippen LogP contribution in [-0.2, 0) is 16.0 Å². The standard InChI is InChI=1S/C13H13N3O2/c1-9(13(17)18-2)16-11-6-4-3-5-10(11)15-12(16)7-8-14/h3-6,9H,7H2,1-2H3/t9-/m0/s1. The van der Waals surface area contributed by atoms with Gasteiger partial charge in [0.1, 0.15) is 11.9 Å². The molecule has 0 saturated heterocycles. The number of aromatic nitrogens is 2. The first kappa shape index (κ1) is 12.1. The van der Waals surface area contributed by atoms with Crippen molar-refractivity contribution in [1.82, 2.24) is 9.55 Å². The highest BCUT2D eigenvalue weighted by atomic mass is 16.5. The molecule has 2 rings (SSSR count). The molecule has 5 heteroatoms. The zero-order valence-electron chi connectivity index (χ0n) is 10.3. The minimum Gasteiger partial charge on any atom is -0.467 e. The predicted octanol–water partition coefficient (Wildman–Crippen LogP) is 1.84. The van der Waals surface area contributed by atoms with E-state index in [2.05, 4.69) is 11.1 Å². The van der Waals surface area contributed by atoms with Crippen LogP contribution in [0.4, 0.5) is 0 Å². The molecule has 0 unspecified atom stereocenters. The molecule has 0 aliphatic heterocycles. The van der Waals surface area contributed by atoms with Gasteiger partial charge in [-0.3, -0.25) is 0 Å². The van der Waals surface area contributed by atoms with Crippen LogP contribution in [-0.4, -0.2) is 22.6 Å². The van der Waals surface area contributed by atoms with Crippen molar-refractivity contribution >= 4 is 17.0 Å². The maximum absolute atomic E-state index is 11.7. The Hall–Kier alpha value is -2.35. The Bertz CT molecular complexity index is 625. The summed E-state index contributed by atoms with van der Waals surface area (Å²) in [7, 11) is 1.35. The van der Waals surface area contributed by atoms with Crippen LogP contribution in [0.1, 0.15) is 18.8 Å². The SMILES string of the molecule is COC(=O)[C@H](C)n1c(CC#N)nc2ccccc21. The predicted molar refractivity (Wildman–Crippen MR) is 65.8 cm³/mol. The van der Waals surface area contributed by atoms with Gasteiger partial charge in [0, 0.05) is 0 Å². The minimum absolute atomic E-state index is 0.163. The minimum atomic E-state index is -0.495. The number of nitrogens with zero attached hydrogens (tertiary/aromatic N) is 3. The Morgan fingerprint density at radius 2 is 2.28 bits per heavy atom. The molecule has 0 N–H and O–H groups in total. The molecule has 2 aromatic rings. The fourth-order valence-electron chi connectivity index (χ4n) is 2.00. The molecule has 0 fully saturated rings. The van der Waals surface area contributed by atoms with E-state index in [4.69, 9.17) is 10.00 Å². The molecule has 0 aliphatic rings. The number of ether oxygens (including phenoxy) is 1. The largest absolute Gasteiger partial charge is 0.467 e. The Morgan fingerprint density at radius 3 is 2.94 bits per heavy atom. The number of fused-ring (bicyclic) bond motifs is 1. The van der Waals surface area contributed by atoms with Crippen LogP contribution in [0.15, 0.2) is 24.3 Å². The molecule has 0 saturated carbocycles. The van der Waals surface area contributed by atoms with E-state index in [0.29, 0.717) is 5.82 Å². The normalized spacial score (nSPS) is 12.1. The summed E-state index contributed by atoms with van der Waals surface area (Å²) in [4.78, 5) is 16.0. The number of hydrogen-bond acceptors (Lipinski definition) is 4. The Labute approximate surface area is 105 Å². The molecule has 1 atom stereocenters. The van der Waals surface area contributed by atoms with E-state index in [1.165, 1.54) is 7.11 Å². The van der Waals surface area contributed by atoms with Gasteiger partial charge in [-0.05, 0) is 19.1 Å². The van der Waals surface area contributed by atoms with Gasteiger partial charge in [-0.1, -0.05) is 12.1 Å². The fraction of sp³-hybridized carbons (Fsp3) is 0.308. The lowest BCUT2D eigenvalue weighted by molar-refractivity contribution is -0.143. The average molecular weight is 243 g/mol. The second-order valence-electron chi connectivity index (χ2n) is 3.92. The van der Waals surface area contributed by atoms with Crippen LogP contribution < -0.4 is 0 Å². The summed E-state index contributed by atoms with van der Waals surface area (Å²) in [5.74, 6) is 0.231. The topological polar surface area (TPSA) is 67.9 Å². The third kappa shape index (κ3) is 1.93. The lowest BCUT2D eigenvalue weighted by Gasteiger charge is -2.14. The van der Waals surface area contributed by atoms with Gasteiger partial charge in [-0.2, -0.15) is 5.26 Å². The zero-order valence-corrected chi connectivity index (χ0v) is 10.3. The van der Waals surface area contributed by atoms with Gasteiger partial charge in [0.05, 0.1) is 30.6 Å². The summed E-state index contributed by atoms with van der Waals surface area (Å²) < 4.78 is 6.50. The Kier molecular flexibility index (Phi) is 3.28. The third-order valence-corrected chi connectivity index (χ3v) is 2.84. The fourth-order valence-corrected chi connectivity index (χ4v) is 2.00. The molecule has 0 radical (unpaired) electrons. The lowest BCUT2D eigenvalue weighted by atomic mass is 10.2. The van der Waals surface area contributed by atoms with E-state index in [-0.39, 0.29) is 12.4 Å². The van der Waals surface area contributed by atoms with Crippen molar-refractivity contribution in [2.24, 2.45) is 0 Å². The number of carbonyl (C=O) groups is 1. The molecule has 0 spiro atoms. The highest BCUT2D eigenvalue weighted by Gasteiger charge is 2.21. The monoisotopic (exact) mass is 243 g/mol. The molecule has 0 bridgehead atoms. The molecule has 92 valence electrons. The van der Waals surface area contributed by atoms with Crippen molar-refractivity contribution in [3.63, 3.8) is 0 Å². The van der Waals surface area contributed by atoms with Crippen molar-refractivity contribution in [3.05, 3.63) is 30.1 Å². The Balaban J connectivity index is 2.62. The number of rotatable bonds is 3. The molecule has 1 heterocycles. The summed E-state index contributed by atoms with van der Waals surface area (Å²) in [5, 5.41) is 8.83. The van der Waals surface area contributed by atoms with Crippen LogP contribution >= 0.6 is 0 Å². The number of esters is 1. The smallest absolute Gasteiger partial charge is 0.328 e. The van der Waals surface area contributed by atoms with E-state index >= 15 is 0 Å². The summed E-state index contributed by atoms with van der Waals surface area (Å²) >= 11 is 0. The van der Waals surface area contributed by atoms with Gasteiger partial charge in [0.15, 0.2) is 0 Å². The summed E-state index contributed by atoms with van der Waals surface area (Å²) in [6.45, 7) is 1.74. The van der Waals surface area contributed by atoms with E-state index in [1.54, 1.807) is 11.5 Å². The summed E-state index contributed by atoms with van der Waals surface area (Å²) in [5.41, 5.74) is 1.61. The third-order valence-electron chi connectivity index (χ3n) is 2.84. The number of nitriles is 1. The summed E-state index contributed by atoms with van der Waals surface area (Å²) in [6, 6.07) is 9.05. The average Bonchev–Trinajstić information content (AvgIpc) is 2.75. The molecule has 1 aromatic heterocycles.